The molecule has 2 aromatic rings. The molecule has 0 radical (unpaired) electrons. The molecule has 0 fully saturated rings. The van der Waals surface area contributed by atoms with Crippen LogP contribution in [0.15, 0.2) is 48.5 Å². The predicted octanol–water partition coefficient (Wildman–Crippen LogP) is 3.14. The van der Waals surface area contributed by atoms with Crippen molar-refractivity contribution in [2.24, 2.45) is 0 Å². The van der Waals surface area contributed by atoms with Crippen molar-refractivity contribution in [3.63, 3.8) is 0 Å². The van der Waals surface area contributed by atoms with Gasteiger partial charge in [-0.15, -0.1) is 0 Å². The molecular weight excluding hydrogens is 238 g/mol. The maximum absolute atomic E-state index is 12.0. The predicted molar refractivity (Wildman–Crippen MR) is 76.3 cm³/mol. The molecule has 2 N–H and O–H groups in total. The van der Waals surface area contributed by atoms with Crippen molar-refractivity contribution in [3.8, 4) is 5.75 Å². The molecule has 0 spiro atoms. The van der Waals surface area contributed by atoms with Crippen LogP contribution in [0.25, 0.3) is 0 Å². The van der Waals surface area contributed by atoms with Crippen LogP contribution in [-0.2, 0) is 17.6 Å². The van der Waals surface area contributed by atoms with Crippen molar-refractivity contribution in [2.45, 2.75) is 19.8 Å². The molecule has 0 saturated carbocycles. The van der Waals surface area contributed by atoms with E-state index in [9.17, 15) is 9.90 Å². The highest BCUT2D eigenvalue weighted by atomic mass is 16.3. The smallest absolute Gasteiger partial charge is 0.228 e. The highest BCUT2D eigenvalue weighted by molar-refractivity contribution is 5.93. The van der Waals surface area contributed by atoms with E-state index in [2.05, 4.69) is 12.2 Å². The van der Waals surface area contributed by atoms with Crippen molar-refractivity contribution >= 4 is 11.6 Å². The first-order chi connectivity index (χ1) is 9.19. The maximum atomic E-state index is 12.0. The Balaban J connectivity index is 2.05. The summed E-state index contributed by atoms with van der Waals surface area (Å²) in [5.74, 6) is 0.103. The van der Waals surface area contributed by atoms with Gasteiger partial charge in [0, 0.05) is 5.69 Å². The average molecular weight is 255 g/mol. The van der Waals surface area contributed by atoms with E-state index in [0.717, 1.165) is 23.2 Å². The summed E-state index contributed by atoms with van der Waals surface area (Å²) in [6, 6.07) is 14.5. The Morgan fingerprint density at radius 1 is 1.16 bits per heavy atom. The van der Waals surface area contributed by atoms with Gasteiger partial charge in [0.15, 0.2) is 0 Å². The van der Waals surface area contributed by atoms with Gasteiger partial charge in [0.1, 0.15) is 5.75 Å². The van der Waals surface area contributed by atoms with Gasteiger partial charge in [-0.2, -0.15) is 0 Å². The number of amides is 1. The largest absolute Gasteiger partial charge is 0.508 e. The fourth-order valence-electron chi connectivity index (χ4n) is 2.00. The number of para-hydroxylation sites is 1. The number of aryl methyl sites for hydroxylation is 1. The molecule has 0 aliphatic rings. The summed E-state index contributed by atoms with van der Waals surface area (Å²) in [6.07, 6.45) is 1.13. The molecule has 2 rings (SSSR count). The number of anilines is 1. The van der Waals surface area contributed by atoms with Crippen LogP contribution in [-0.4, -0.2) is 11.0 Å². The average Bonchev–Trinajstić information content (AvgIpc) is 2.39. The molecule has 0 bridgehead atoms. The molecule has 0 aliphatic heterocycles. The molecule has 19 heavy (non-hydrogen) atoms. The summed E-state index contributed by atoms with van der Waals surface area (Å²) in [5.41, 5.74) is 2.77. The number of carbonyl (C=O) groups is 1. The number of aromatic hydroxyl groups is 1. The van der Waals surface area contributed by atoms with Gasteiger partial charge < -0.3 is 10.4 Å². The summed E-state index contributed by atoms with van der Waals surface area (Å²) in [7, 11) is 0. The highest BCUT2D eigenvalue weighted by Crippen LogP contribution is 2.16. The number of benzene rings is 2. The molecule has 2 aromatic carbocycles. The fourth-order valence-corrected chi connectivity index (χ4v) is 2.00. The molecule has 0 saturated heterocycles. The SMILES string of the molecule is CCc1ccccc1NC(=O)Cc1cccc(O)c1. The van der Waals surface area contributed by atoms with E-state index in [-0.39, 0.29) is 18.1 Å². The van der Waals surface area contributed by atoms with Gasteiger partial charge in [0.2, 0.25) is 5.91 Å². The summed E-state index contributed by atoms with van der Waals surface area (Å²) in [5, 5.41) is 12.3. The number of phenols is 1. The van der Waals surface area contributed by atoms with Crippen LogP contribution in [0.4, 0.5) is 5.69 Å². The third-order valence-corrected chi connectivity index (χ3v) is 2.95. The molecule has 3 heteroatoms. The molecule has 0 aliphatic carbocycles. The van der Waals surface area contributed by atoms with Gasteiger partial charge in [0.25, 0.3) is 0 Å². The Kier molecular flexibility index (Phi) is 4.18. The van der Waals surface area contributed by atoms with Crippen LogP contribution in [0, 0.1) is 0 Å². The number of carbonyl (C=O) groups excluding carboxylic acids is 1. The van der Waals surface area contributed by atoms with E-state index in [0.29, 0.717) is 0 Å². The summed E-state index contributed by atoms with van der Waals surface area (Å²) >= 11 is 0. The minimum atomic E-state index is -0.0773. The molecular formula is C16H17NO2. The topological polar surface area (TPSA) is 49.3 Å². The minimum absolute atomic E-state index is 0.0773. The lowest BCUT2D eigenvalue weighted by Crippen LogP contribution is -2.15. The van der Waals surface area contributed by atoms with E-state index >= 15 is 0 Å². The highest BCUT2D eigenvalue weighted by Gasteiger charge is 2.07. The van der Waals surface area contributed by atoms with E-state index < -0.39 is 0 Å². The zero-order valence-electron chi connectivity index (χ0n) is 10.9. The lowest BCUT2D eigenvalue weighted by Gasteiger charge is -2.09. The van der Waals surface area contributed by atoms with Gasteiger partial charge >= 0.3 is 0 Å². The van der Waals surface area contributed by atoms with Crippen LogP contribution >= 0.6 is 0 Å². The van der Waals surface area contributed by atoms with Gasteiger partial charge in [0.05, 0.1) is 6.42 Å². The number of phenolic OH excluding ortho intramolecular Hbond substituents is 1. The molecule has 0 unspecified atom stereocenters. The molecule has 98 valence electrons. The van der Waals surface area contributed by atoms with Gasteiger partial charge in [-0.05, 0) is 35.7 Å². The summed E-state index contributed by atoms with van der Waals surface area (Å²) < 4.78 is 0. The molecule has 3 nitrogen and oxygen atoms in total. The lowest BCUT2D eigenvalue weighted by molar-refractivity contribution is -0.115. The Hall–Kier alpha value is -2.29. The normalized spacial score (nSPS) is 10.2. The van der Waals surface area contributed by atoms with Crippen LogP contribution in [0.1, 0.15) is 18.1 Å². The second-order valence-electron chi connectivity index (χ2n) is 4.41. The van der Waals surface area contributed by atoms with Crippen LogP contribution in [0.2, 0.25) is 0 Å². The summed E-state index contributed by atoms with van der Waals surface area (Å²) in [4.78, 5) is 12.0. The van der Waals surface area contributed by atoms with Gasteiger partial charge in [-0.25, -0.2) is 0 Å². The van der Waals surface area contributed by atoms with Crippen LogP contribution < -0.4 is 5.32 Å². The van der Waals surface area contributed by atoms with Crippen molar-refractivity contribution in [1.29, 1.82) is 0 Å². The Labute approximate surface area is 112 Å². The zero-order chi connectivity index (χ0) is 13.7. The van der Waals surface area contributed by atoms with E-state index in [1.807, 2.05) is 30.3 Å². The summed E-state index contributed by atoms with van der Waals surface area (Å²) in [6.45, 7) is 2.06. The van der Waals surface area contributed by atoms with E-state index in [1.165, 1.54) is 0 Å². The number of rotatable bonds is 4. The molecule has 0 heterocycles. The van der Waals surface area contributed by atoms with Crippen molar-refractivity contribution in [3.05, 3.63) is 59.7 Å². The van der Waals surface area contributed by atoms with Crippen molar-refractivity contribution < 1.29 is 9.90 Å². The minimum Gasteiger partial charge on any atom is -0.508 e. The second-order valence-corrected chi connectivity index (χ2v) is 4.41. The lowest BCUT2D eigenvalue weighted by atomic mass is 10.1. The quantitative estimate of drug-likeness (QED) is 0.881. The standard InChI is InChI=1S/C16H17NO2/c1-2-13-7-3-4-9-15(13)17-16(19)11-12-6-5-8-14(18)10-12/h3-10,18H,2,11H2,1H3,(H,17,19). The fraction of sp³-hybridized carbons (Fsp3) is 0.188. The molecule has 0 aromatic heterocycles. The monoisotopic (exact) mass is 255 g/mol. The first kappa shape index (κ1) is 13.1. The van der Waals surface area contributed by atoms with E-state index in [4.69, 9.17) is 0 Å². The number of nitrogens with one attached hydrogen (secondary N) is 1. The zero-order valence-corrected chi connectivity index (χ0v) is 10.9. The van der Waals surface area contributed by atoms with Crippen LogP contribution in [0.3, 0.4) is 0 Å². The number of hydrogen-bond donors (Lipinski definition) is 2. The Morgan fingerprint density at radius 3 is 2.68 bits per heavy atom. The number of hydrogen-bond acceptors (Lipinski definition) is 2. The second kappa shape index (κ2) is 6.05. The Bertz CT molecular complexity index is 578. The van der Waals surface area contributed by atoms with Gasteiger partial charge in [-0.1, -0.05) is 37.3 Å². The van der Waals surface area contributed by atoms with Gasteiger partial charge in [-0.3, -0.25) is 4.79 Å². The van der Waals surface area contributed by atoms with Crippen molar-refractivity contribution in [2.75, 3.05) is 5.32 Å². The van der Waals surface area contributed by atoms with Crippen LogP contribution in [0.5, 0.6) is 5.75 Å². The first-order valence-electron chi connectivity index (χ1n) is 6.34. The Morgan fingerprint density at radius 2 is 1.95 bits per heavy atom. The molecule has 1 amide bonds. The third kappa shape index (κ3) is 3.58. The molecule has 0 atom stereocenters. The maximum Gasteiger partial charge on any atom is 0.228 e. The van der Waals surface area contributed by atoms with E-state index in [1.54, 1.807) is 18.2 Å². The van der Waals surface area contributed by atoms with Crippen molar-refractivity contribution in [1.82, 2.24) is 0 Å². The third-order valence-electron chi connectivity index (χ3n) is 2.95. The first-order valence-corrected chi connectivity index (χ1v) is 6.34.